The van der Waals surface area contributed by atoms with Crippen LogP contribution < -0.4 is 0 Å². The fourth-order valence-corrected chi connectivity index (χ4v) is 11.4. The van der Waals surface area contributed by atoms with Gasteiger partial charge in [0.1, 0.15) is 25.4 Å². The summed E-state index contributed by atoms with van der Waals surface area (Å²) in [6.07, 6.45) is 89.5. The Hall–Kier alpha value is -4.57. The molecule has 566 valence electrons. The molecule has 0 aliphatic carbocycles. The summed E-state index contributed by atoms with van der Waals surface area (Å²) >= 11 is 0. The lowest BCUT2D eigenvalue weighted by molar-refractivity contribution is -0.161. The lowest BCUT2D eigenvalue weighted by Crippen LogP contribution is -2.30. The van der Waals surface area contributed by atoms with E-state index in [9.17, 15) is 43.5 Å². The van der Waals surface area contributed by atoms with Crippen LogP contribution in [-0.4, -0.2) is 95.9 Å². The zero-order valence-corrected chi connectivity index (χ0v) is 63.4. The van der Waals surface area contributed by atoms with Crippen molar-refractivity contribution in [3.63, 3.8) is 0 Å². The Balaban J connectivity index is 4.35. The maximum absolute atomic E-state index is 12.9. The number of hydrogen-bond acceptors (Lipinski definition) is 14. The first-order valence-electron chi connectivity index (χ1n) is 38.1. The van der Waals surface area contributed by atoms with E-state index in [-0.39, 0.29) is 19.3 Å². The fourth-order valence-electron chi connectivity index (χ4n) is 9.77. The summed E-state index contributed by atoms with van der Waals surface area (Å²) in [5.41, 5.74) is 0. The number of aliphatic hydroxyl groups is 2. The third-order valence-corrected chi connectivity index (χ3v) is 17.4. The third kappa shape index (κ3) is 74.4. The van der Waals surface area contributed by atoms with Crippen molar-refractivity contribution in [3.8, 4) is 0 Å². The number of aliphatic hydroxyl groups excluding tert-OH is 2. The van der Waals surface area contributed by atoms with Gasteiger partial charge in [-0.1, -0.05) is 289 Å². The van der Waals surface area contributed by atoms with E-state index in [0.717, 1.165) is 128 Å². The monoisotopic (exact) mass is 1430 g/mol. The Morgan fingerprint density at radius 1 is 0.293 bits per heavy atom. The van der Waals surface area contributed by atoms with Crippen LogP contribution in [0.15, 0.2) is 146 Å². The van der Waals surface area contributed by atoms with Gasteiger partial charge in [0.15, 0.2) is 6.10 Å². The second kappa shape index (κ2) is 73.2. The van der Waals surface area contributed by atoms with E-state index in [1.54, 1.807) is 0 Å². The minimum absolute atomic E-state index is 0.0792. The van der Waals surface area contributed by atoms with Gasteiger partial charge in [-0.2, -0.15) is 0 Å². The molecule has 0 rings (SSSR count). The Morgan fingerprint density at radius 2 is 0.545 bits per heavy atom. The standard InChI is InChI=1S/C81H136O16P2/c1-4-7-10-13-16-19-22-24-26-28-29-30-31-32-33-34-35-36-37-38-39-40-41-42-43-44-45-47-49-50-53-55-58-61-64-67-79(84)91-70-76(82)71-93-98(87,88)94-72-77(83)73-95-99(89,90)96-75-78(97-81(86)69-66-63-60-57-52-21-18-15-12-9-6-3)74-92-80(85)68-65-62-59-56-54-51-48-46-27-25-23-20-17-14-11-8-5-2/h7-8,10-11,15-20,24-27,29-30,32-33,35-36,48,51,56,59,76-78,82-83H,4-6,9,12-14,21-23,28,31,34,37-47,49-50,52-55,57-58,60-75H2,1-3H3,(H,87,88)(H,89,90)/b10-7-,11-8-,18-15-,19-16-,20-17-,26-24-,27-25-,30-29-,33-32-,36-35-,51-48-,59-56-. The molecule has 0 spiro atoms. The number of carbonyl (C=O) groups excluding carboxylic acids is 3. The molecule has 0 saturated heterocycles. The summed E-state index contributed by atoms with van der Waals surface area (Å²) in [7, 11) is -9.80. The van der Waals surface area contributed by atoms with E-state index in [0.29, 0.717) is 25.7 Å². The molecule has 18 heteroatoms. The molecular formula is C81H136O16P2. The van der Waals surface area contributed by atoms with E-state index in [1.165, 1.54) is 96.3 Å². The van der Waals surface area contributed by atoms with Crippen LogP contribution in [0.4, 0.5) is 0 Å². The smallest absolute Gasteiger partial charge is 0.463 e. The normalized spacial score (nSPS) is 14.9. The molecule has 99 heavy (non-hydrogen) atoms. The van der Waals surface area contributed by atoms with Crippen LogP contribution in [0.2, 0.25) is 0 Å². The summed E-state index contributed by atoms with van der Waals surface area (Å²) < 4.78 is 60.8. The molecule has 16 nitrogen and oxygen atoms in total. The van der Waals surface area contributed by atoms with Crippen LogP contribution in [-0.2, 0) is 55.8 Å². The molecule has 0 aliphatic rings. The first kappa shape index (κ1) is 94.4. The molecular weight excluding hydrogens is 1290 g/mol. The number of unbranched alkanes of at least 4 members (excludes halogenated alkanes) is 24. The predicted octanol–water partition coefficient (Wildman–Crippen LogP) is 22.1. The zero-order valence-electron chi connectivity index (χ0n) is 61.6. The Morgan fingerprint density at radius 3 is 0.899 bits per heavy atom. The van der Waals surface area contributed by atoms with Gasteiger partial charge in [-0.05, 0) is 128 Å². The summed E-state index contributed by atoms with van der Waals surface area (Å²) in [5, 5.41) is 20.6. The van der Waals surface area contributed by atoms with E-state index in [2.05, 4.69) is 154 Å². The van der Waals surface area contributed by atoms with Gasteiger partial charge in [0.2, 0.25) is 0 Å². The maximum Gasteiger partial charge on any atom is 0.472 e. The highest BCUT2D eigenvalue weighted by Crippen LogP contribution is 2.45. The van der Waals surface area contributed by atoms with Gasteiger partial charge < -0.3 is 34.2 Å². The Bertz CT molecular complexity index is 2380. The van der Waals surface area contributed by atoms with E-state index in [4.69, 9.17) is 32.3 Å². The van der Waals surface area contributed by atoms with Crippen molar-refractivity contribution < 1.29 is 75.8 Å². The summed E-state index contributed by atoms with van der Waals surface area (Å²) in [4.78, 5) is 58.4. The SMILES string of the molecule is CC/C=C\C/C=C\C/C=C\C/C=C\C/C=C\C/C=C\CCCCCCCCCCCCCCCCCCC(=O)OCC(O)COP(=O)(O)OCC(O)COP(=O)(O)OCC(COC(=O)CCC/C=C\C/C=C\C/C=C\C/C=C\C/C=C\CC)OC(=O)CCCCCCC/C=C\CCCC. The molecule has 0 aromatic carbocycles. The maximum atomic E-state index is 12.9. The molecule has 0 aromatic heterocycles. The van der Waals surface area contributed by atoms with E-state index in [1.807, 2.05) is 12.2 Å². The minimum Gasteiger partial charge on any atom is -0.463 e. The highest BCUT2D eigenvalue weighted by atomic mass is 31.2. The van der Waals surface area contributed by atoms with Gasteiger partial charge >= 0.3 is 33.6 Å². The van der Waals surface area contributed by atoms with Crippen LogP contribution >= 0.6 is 15.6 Å². The van der Waals surface area contributed by atoms with Crippen LogP contribution in [0.1, 0.15) is 290 Å². The largest absolute Gasteiger partial charge is 0.472 e. The number of phosphoric ester groups is 2. The Kier molecular flexibility index (Phi) is 69.8. The van der Waals surface area contributed by atoms with Crippen LogP contribution in [0.3, 0.4) is 0 Å². The predicted molar refractivity (Wildman–Crippen MR) is 408 cm³/mol. The number of phosphoric acid groups is 2. The number of esters is 3. The van der Waals surface area contributed by atoms with Gasteiger partial charge in [0, 0.05) is 19.3 Å². The Labute approximate surface area is 600 Å². The molecule has 0 amide bonds. The highest BCUT2D eigenvalue weighted by Gasteiger charge is 2.29. The molecule has 4 N–H and O–H groups in total. The number of allylic oxidation sites excluding steroid dienone is 24. The number of carbonyl (C=O) groups is 3. The fraction of sp³-hybridized carbons (Fsp3) is 0.667. The molecule has 0 fully saturated rings. The lowest BCUT2D eigenvalue weighted by Gasteiger charge is -2.21. The number of rotatable bonds is 71. The van der Waals surface area contributed by atoms with E-state index >= 15 is 0 Å². The third-order valence-electron chi connectivity index (χ3n) is 15.5. The first-order valence-corrected chi connectivity index (χ1v) is 41.1. The van der Waals surface area contributed by atoms with Crippen molar-refractivity contribution in [2.75, 3.05) is 39.6 Å². The molecule has 5 atom stereocenters. The van der Waals surface area contributed by atoms with Crippen molar-refractivity contribution in [2.45, 2.75) is 309 Å². The van der Waals surface area contributed by atoms with Crippen molar-refractivity contribution in [1.29, 1.82) is 0 Å². The lowest BCUT2D eigenvalue weighted by atomic mass is 10.0. The molecule has 0 radical (unpaired) electrons. The topological polar surface area (TPSA) is 231 Å². The molecule has 0 aliphatic heterocycles. The van der Waals surface area contributed by atoms with Gasteiger partial charge in [0.05, 0.1) is 26.4 Å². The van der Waals surface area contributed by atoms with Crippen molar-refractivity contribution in [3.05, 3.63) is 146 Å². The van der Waals surface area contributed by atoms with Gasteiger partial charge in [-0.25, -0.2) is 9.13 Å². The second-order valence-corrected chi connectivity index (χ2v) is 27.9. The van der Waals surface area contributed by atoms with Crippen molar-refractivity contribution in [1.82, 2.24) is 0 Å². The van der Waals surface area contributed by atoms with Crippen molar-refractivity contribution >= 4 is 33.6 Å². The zero-order chi connectivity index (χ0) is 72.3. The van der Waals surface area contributed by atoms with Gasteiger partial charge in [0.25, 0.3) is 0 Å². The number of hydrogen-bond donors (Lipinski definition) is 4. The molecule has 0 heterocycles. The average Bonchev–Trinajstić information content (AvgIpc) is 1.19. The molecule has 0 aromatic rings. The number of ether oxygens (including phenoxy) is 3. The summed E-state index contributed by atoms with van der Waals surface area (Å²) in [6, 6.07) is 0. The van der Waals surface area contributed by atoms with Crippen LogP contribution in [0.5, 0.6) is 0 Å². The molecule has 0 bridgehead atoms. The average molecular weight is 1430 g/mol. The molecule has 5 unspecified atom stereocenters. The quantitative estimate of drug-likeness (QED) is 0.0146. The van der Waals surface area contributed by atoms with Gasteiger partial charge in [-0.15, -0.1) is 0 Å². The molecule has 0 saturated carbocycles. The minimum atomic E-state index is -4.94. The first-order chi connectivity index (χ1) is 48.2. The van der Waals surface area contributed by atoms with Gasteiger partial charge in [-0.3, -0.25) is 32.5 Å². The van der Waals surface area contributed by atoms with Crippen molar-refractivity contribution in [2.24, 2.45) is 0 Å². The highest BCUT2D eigenvalue weighted by molar-refractivity contribution is 7.47. The van der Waals surface area contributed by atoms with Crippen LogP contribution in [0.25, 0.3) is 0 Å². The second-order valence-electron chi connectivity index (χ2n) is 25.0. The van der Waals surface area contributed by atoms with Crippen LogP contribution in [0, 0.1) is 0 Å². The summed E-state index contributed by atoms with van der Waals surface area (Å²) in [6.45, 7) is 2.31. The summed E-state index contributed by atoms with van der Waals surface area (Å²) in [5.74, 6) is -1.66. The van der Waals surface area contributed by atoms with E-state index < -0.39 is 91.5 Å².